The monoisotopic (exact) mass is 648 g/mol. The SMILES string of the molecule is CCCCC/C=C/C(O)C(COP(=O)(O)OCC[N+](C)(C)C)NC(=O)CCCCCCCCCCCCCCCCCCC. The summed E-state index contributed by atoms with van der Waals surface area (Å²) >= 11 is 0. The maximum absolute atomic E-state index is 12.7. The number of unbranched alkanes of at least 4 members (excludes halogenated alkanes) is 19. The first-order valence-corrected chi connectivity index (χ1v) is 19.6. The van der Waals surface area contributed by atoms with Crippen molar-refractivity contribution in [2.75, 3.05) is 40.9 Å². The lowest BCUT2D eigenvalue weighted by Crippen LogP contribution is -2.45. The maximum Gasteiger partial charge on any atom is 0.472 e. The van der Waals surface area contributed by atoms with Crippen LogP contribution in [0.4, 0.5) is 0 Å². The van der Waals surface area contributed by atoms with E-state index in [9.17, 15) is 19.4 Å². The van der Waals surface area contributed by atoms with Crippen LogP contribution in [0.15, 0.2) is 12.2 Å². The quantitative estimate of drug-likeness (QED) is 0.0292. The van der Waals surface area contributed by atoms with Gasteiger partial charge in [-0.3, -0.25) is 13.8 Å². The van der Waals surface area contributed by atoms with Crippen LogP contribution in [0, 0.1) is 0 Å². The van der Waals surface area contributed by atoms with E-state index in [1.54, 1.807) is 6.08 Å². The molecule has 3 N–H and O–H groups in total. The van der Waals surface area contributed by atoms with Gasteiger partial charge in [0.15, 0.2) is 0 Å². The molecule has 3 unspecified atom stereocenters. The van der Waals surface area contributed by atoms with Gasteiger partial charge in [0.1, 0.15) is 13.2 Å². The highest BCUT2D eigenvalue weighted by atomic mass is 31.2. The molecule has 0 rings (SSSR count). The molecule has 0 aliphatic rings. The molecule has 0 fully saturated rings. The van der Waals surface area contributed by atoms with Gasteiger partial charge in [-0.15, -0.1) is 0 Å². The Labute approximate surface area is 272 Å². The fraction of sp³-hybridized carbons (Fsp3) is 0.914. The van der Waals surface area contributed by atoms with Crippen molar-refractivity contribution < 1.29 is 32.9 Å². The molecule has 44 heavy (non-hydrogen) atoms. The van der Waals surface area contributed by atoms with E-state index < -0.39 is 20.0 Å². The minimum Gasteiger partial charge on any atom is -0.387 e. The number of phosphoric ester groups is 1. The average Bonchev–Trinajstić information content (AvgIpc) is 2.95. The summed E-state index contributed by atoms with van der Waals surface area (Å²) in [6.45, 7) is 4.69. The predicted octanol–water partition coefficient (Wildman–Crippen LogP) is 8.85. The van der Waals surface area contributed by atoms with E-state index >= 15 is 0 Å². The number of likely N-dealkylation sites (N-methyl/N-ethyl adjacent to an activating group) is 1. The Hall–Kier alpha value is -0.760. The van der Waals surface area contributed by atoms with Crippen molar-refractivity contribution >= 4 is 13.7 Å². The topological polar surface area (TPSA) is 105 Å². The van der Waals surface area contributed by atoms with Gasteiger partial charge in [-0.25, -0.2) is 4.57 Å². The third-order valence-corrected chi connectivity index (χ3v) is 8.99. The van der Waals surface area contributed by atoms with Crippen LogP contribution in [0.25, 0.3) is 0 Å². The Kier molecular flexibility index (Phi) is 28.0. The zero-order valence-electron chi connectivity index (χ0n) is 29.4. The molecule has 0 radical (unpaired) electrons. The maximum atomic E-state index is 12.7. The first kappa shape index (κ1) is 43.2. The molecule has 0 aromatic carbocycles. The number of hydrogen-bond acceptors (Lipinski definition) is 5. The van der Waals surface area contributed by atoms with Crippen molar-refractivity contribution in [3.8, 4) is 0 Å². The smallest absolute Gasteiger partial charge is 0.387 e. The number of carbonyl (C=O) groups excluding carboxylic acids is 1. The van der Waals surface area contributed by atoms with Crippen molar-refractivity contribution in [1.29, 1.82) is 0 Å². The van der Waals surface area contributed by atoms with Crippen LogP contribution in [0.5, 0.6) is 0 Å². The number of rotatable bonds is 32. The van der Waals surface area contributed by atoms with Gasteiger partial charge in [0, 0.05) is 6.42 Å². The third kappa shape index (κ3) is 29.9. The largest absolute Gasteiger partial charge is 0.472 e. The number of quaternary nitrogens is 1. The number of allylic oxidation sites excluding steroid dienone is 1. The molecule has 0 aliphatic carbocycles. The summed E-state index contributed by atoms with van der Waals surface area (Å²) in [5.41, 5.74) is 0. The van der Waals surface area contributed by atoms with Gasteiger partial charge in [0.25, 0.3) is 0 Å². The molecular formula is C35H72N2O6P+. The Balaban J connectivity index is 4.24. The molecule has 3 atom stereocenters. The summed E-state index contributed by atoms with van der Waals surface area (Å²) in [6, 6.07) is -0.835. The van der Waals surface area contributed by atoms with Gasteiger partial charge in [-0.05, 0) is 19.3 Å². The highest BCUT2D eigenvalue weighted by Crippen LogP contribution is 2.43. The summed E-state index contributed by atoms with van der Waals surface area (Å²) < 4.78 is 23.2. The van der Waals surface area contributed by atoms with Gasteiger partial charge in [-0.2, -0.15) is 0 Å². The van der Waals surface area contributed by atoms with Gasteiger partial charge in [0.05, 0.1) is 39.9 Å². The average molecular weight is 648 g/mol. The Bertz CT molecular complexity index is 743. The minimum atomic E-state index is -4.31. The lowest BCUT2D eigenvalue weighted by molar-refractivity contribution is -0.870. The fourth-order valence-electron chi connectivity index (χ4n) is 5.04. The molecule has 0 aromatic heterocycles. The van der Waals surface area contributed by atoms with E-state index in [2.05, 4.69) is 19.2 Å². The second-order valence-corrected chi connectivity index (χ2v) is 15.1. The molecule has 0 heterocycles. The summed E-state index contributed by atoms with van der Waals surface area (Å²) in [5, 5.41) is 13.5. The van der Waals surface area contributed by atoms with E-state index in [4.69, 9.17) is 9.05 Å². The van der Waals surface area contributed by atoms with Crippen LogP contribution >= 0.6 is 7.82 Å². The van der Waals surface area contributed by atoms with Gasteiger partial charge >= 0.3 is 7.82 Å². The molecule has 0 saturated heterocycles. The molecule has 0 spiro atoms. The number of nitrogens with one attached hydrogen (secondary N) is 1. The summed E-state index contributed by atoms with van der Waals surface area (Å²) in [6.07, 6.45) is 28.8. The molecule has 9 heteroatoms. The fourth-order valence-corrected chi connectivity index (χ4v) is 5.77. The Morgan fingerprint density at radius 2 is 1.20 bits per heavy atom. The number of nitrogens with zero attached hydrogens (tertiary/aromatic N) is 1. The third-order valence-electron chi connectivity index (χ3n) is 8.01. The number of carbonyl (C=O) groups is 1. The highest BCUT2D eigenvalue weighted by molar-refractivity contribution is 7.47. The molecule has 0 aromatic rings. The highest BCUT2D eigenvalue weighted by Gasteiger charge is 2.27. The standard InChI is InChI=1S/C35H71N2O6P/c1-6-8-10-12-13-14-15-16-17-18-19-20-21-22-23-25-27-29-35(39)36-33(34(38)28-26-24-11-9-7-2)32-43-44(40,41)42-31-30-37(3,4)5/h26,28,33-34,38H,6-25,27,29-32H2,1-5H3,(H-,36,39,40,41)/p+1/b28-26+. The zero-order valence-corrected chi connectivity index (χ0v) is 30.3. The minimum absolute atomic E-state index is 0.0630. The Morgan fingerprint density at radius 1 is 0.750 bits per heavy atom. The van der Waals surface area contributed by atoms with Crippen LogP contribution in [0.1, 0.15) is 155 Å². The molecule has 0 aliphatic heterocycles. The Morgan fingerprint density at radius 3 is 1.68 bits per heavy atom. The summed E-state index contributed by atoms with van der Waals surface area (Å²) in [5.74, 6) is -0.184. The molecule has 8 nitrogen and oxygen atoms in total. The second-order valence-electron chi connectivity index (χ2n) is 13.6. The lowest BCUT2D eigenvalue weighted by Gasteiger charge is -2.25. The number of amides is 1. The number of aliphatic hydroxyl groups is 1. The predicted molar refractivity (Wildman–Crippen MR) is 185 cm³/mol. The van der Waals surface area contributed by atoms with Crippen LogP contribution in [0.2, 0.25) is 0 Å². The normalized spacial score (nSPS) is 15.0. The first-order valence-electron chi connectivity index (χ1n) is 18.1. The molecule has 0 saturated carbocycles. The number of aliphatic hydroxyl groups excluding tert-OH is 1. The van der Waals surface area contributed by atoms with Gasteiger partial charge < -0.3 is 19.8 Å². The van der Waals surface area contributed by atoms with Gasteiger partial charge in [0.2, 0.25) is 5.91 Å². The van der Waals surface area contributed by atoms with Crippen molar-refractivity contribution in [2.45, 2.75) is 167 Å². The van der Waals surface area contributed by atoms with Crippen LogP contribution < -0.4 is 5.32 Å². The van der Waals surface area contributed by atoms with Crippen molar-refractivity contribution in [3.63, 3.8) is 0 Å². The number of phosphoric acid groups is 1. The van der Waals surface area contributed by atoms with Crippen molar-refractivity contribution in [1.82, 2.24) is 5.32 Å². The summed E-state index contributed by atoms with van der Waals surface area (Å²) in [7, 11) is 1.57. The van der Waals surface area contributed by atoms with Gasteiger partial charge in [-0.1, -0.05) is 142 Å². The van der Waals surface area contributed by atoms with E-state index in [1.165, 1.54) is 89.9 Å². The summed E-state index contributed by atoms with van der Waals surface area (Å²) in [4.78, 5) is 22.8. The van der Waals surface area contributed by atoms with E-state index in [0.29, 0.717) is 17.4 Å². The molecule has 262 valence electrons. The van der Waals surface area contributed by atoms with Crippen molar-refractivity contribution in [3.05, 3.63) is 12.2 Å². The number of hydrogen-bond donors (Lipinski definition) is 3. The van der Waals surface area contributed by atoms with E-state index in [1.807, 2.05) is 27.2 Å². The van der Waals surface area contributed by atoms with Crippen molar-refractivity contribution in [2.24, 2.45) is 0 Å². The molecule has 0 bridgehead atoms. The second kappa shape index (κ2) is 28.5. The van der Waals surface area contributed by atoms with Crippen LogP contribution in [0.3, 0.4) is 0 Å². The lowest BCUT2D eigenvalue weighted by atomic mass is 10.0. The van der Waals surface area contributed by atoms with Crippen LogP contribution in [-0.2, 0) is 18.4 Å². The molecular weight excluding hydrogens is 575 g/mol. The van der Waals surface area contributed by atoms with E-state index in [0.717, 1.165) is 44.9 Å². The zero-order chi connectivity index (χ0) is 32.9. The first-order chi connectivity index (χ1) is 21.0. The van der Waals surface area contributed by atoms with Crippen LogP contribution in [-0.4, -0.2) is 73.4 Å². The molecule has 1 amide bonds. The van der Waals surface area contributed by atoms with E-state index in [-0.39, 0.29) is 19.1 Å².